The van der Waals surface area contributed by atoms with Gasteiger partial charge in [0, 0.05) is 29.2 Å². The number of furan rings is 1. The Labute approximate surface area is 161 Å². The maximum Gasteiger partial charge on any atom is 0.251 e. The summed E-state index contributed by atoms with van der Waals surface area (Å²) in [6.07, 6.45) is 1.63. The molecule has 4 rings (SSSR count). The molecule has 1 aromatic carbocycles. The molecule has 140 valence electrons. The number of hydrogen-bond donors (Lipinski definition) is 1. The summed E-state index contributed by atoms with van der Waals surface area (Å²) in [5.74, 6) is 0.662. The summed E-state index contributed by atoms with van der Waals surface area (Å²) in [5, 5.41) is 3.81. The van der Waals surface area contributed by atoms with Gasteiger partial charge in [0.2, 0.25) is 0 Å². The fourth-order valence-corrected chi connectivity index (χ4v) is 3.98. The van der Waals surface area contributed by atoms with Gasteiger partial charge in [-0.2, -0.15) is 0 Å². The van der Waals surface area contributed by atoms with Gasteiger partial charge in [-0.3, -0.25) is 4.79 Å². The van der Waals surface area contributed by atoms with Crippen molar-refractivity contribution in [1.29, 1.82) is 0 Å². The molecule has 2 aromatic heterocycles. The number of thiazole rings is 1. The zero-order valence-electron chi connectivity index (χ0n) is 15.1. The number of aryl methyl sites for hydroxylation is 1. The van der Waals surface area contributed by atoms with Crippen LogP contribution < -0.4 is 10.2 Å². The molecule has 0 spiro atoms. The average molecular weight is 383 g/mol. The number of amides is 1. The SMILES string of the molecule is Cc1nc(-c2ccco2)sc1CNC(=O)c1ccc(N2CCOCC2)cc1. The van der Waals surface area contributed by atoms with Crippen molar-refractivity contribution in [1.82, 2.24) is 10.3 Å². The van der Waals surface area contributed by atoms with E-state index in [0.717, 1.165) is 53.3 Å². The molecule has 0 aliphatic carbocycles. The van der Waals surface area contributed by atoms with E-state index in [2.05, 4.69) is 15.2 Å². The Kier molecular flexibility index (Phi) is 5.22. The quantitative estimate of drug-likeness (QED) is 0.731. The van der Waals surface area contributed by atoms with Crippen LogP contribution in [0.4, 0.5) is 5.69 Å². The van der Waals surface area contributed by atoms with E-state index in [-0.39, 0.29) is 5.91 Å². The molecule has 6 nitrogen and oxygen atoms in total. The van der Waals surface area contributed by atoms with Gasteiger partial charge in [0.05, 0.1) is 31.7 Å². The number of nitrogens with one attached hydrogen (secondary N) is 1. The second kappa shape index (κ2) is 7.94. The average Bonchev–Trinajstić information content (AvgIpc) is 3.37. The number of ether oxygens (including phenoxy) is 1. The van der Waals surface area contributed by atoms with Crippen molar-refractivity contribution in [2.75, 3.05) is 31.2 Å². The predicted molar refractivity (Wildman–Crippen MR) is 105 cm³/mol. The Bertz CT molecular complexity index is 897. The topological polar surface area (TPSA) is 67.6 Å². The molecule has 3 heterocycles. The van der Waals surface area contributed by atoms with Gasteiger partial charge in [-0.15, -0.1) is 11.3 Å². The molecule has 1 fully saturated rings. The lowest BCUT2D eigenvalue weighted by Gasteiger charge is -2.28. The zero-order valence-corrected chi connectivity index (χ0v) is 15.9. The number of morpholine rings is 1. The van der Waals surface area contributed by atoms with E-state index in [1.54, 1.807) is 6.26 Å². The number of anilines is 1. The summed E-state index contributed by atoms with van der Waals surface area (Å²) in [5.41, 5.74) is 2.69. The van der Waals surface area contributed by atoms with Gasteiger partial charge in [-0.25, -0.2) is 4.98 Å². The summed E-state index contributed by atoms with van der Waals surface area (Å²) < 4.78 is 10.8. The van der Waals surface area contributed by atoms with Crippen LogP contribution in [0.3, 0.4) is 0 Å². The monoisotopic (exact) mass is 383 g/mol. The van der Waals surface area contributed by atoms with Crippen LogP contribution in [0.15, 0.2) is 47.1 Å². The number of aromatic nitrogens is 1. The number of carbonyl (C=O) groups is 1. The minimum atomic E-state index is -0.0872. The largest absolute Gasteiger partial charge is 0.462 e. The smallest absolute Gasteiger partial charge is 0.251 e. The van der Waals surface area contributed by atoms with E-state index in [4.69, 9.17) is 9.15 Å². The van der Waals surface area contributed by atoms with Crippen molar-refractivity contribution in [3.05, 3.63) is 58.8 Å². The molecule has 1 N–H and O–H groups in total. The van der Waals surface area contributed by atoms with Crippen LogP contribution in [-0.4, -0.2) is 37.2 Å². The van der Waals surface area contributed by atoms with Gasteiger partial charge in [0.25, 0.3) is 5.91 Å². The standard InChI is InChI=1S/C20H21N3O3S/c1-14-18(27-20(22-14)17-3-2-10-26-17)13-21-19(24)15-4-6-16(7-5-15)23-8-11-25-12-9-23/h2-7,10H,8-9,11-13H2,1H3,(H,21,24). The Balaban J connectivity index is 1.38. The molecule has 0 atom stereocenters. The van der Waals surface area contributed by atoms with Crippen molar-refractivity contribution in [2.45, 2.75) is 13.5 Å². The number of carbonyl (C=O) groups excluding carboxylic acids is 1. The molecule has 1 saturated heterocycles. The lowest BCUT2D eigenvalue weighted by Crippen LogP contribution is -2.36. The third-order valence-electron chi connectivity index (χ3n) is 4.54. The molecule has 1 aliphatic heterocycles. The molecule has 3 aromatic rings. The molecule has 0 radical (unpaired) electrons. The zero-order chi connectivity index (χ0) is 18.6. The first kappa shape index (κ1) is 17.8. The third kappa shape index (κ3) is 4.04. The molecular formula is C20H21N3O3S. The van der Waals surface area contributed by atoms with Gasteiger partial charge < -0.3 is 19.4 Å². The van der Waals surface area contributed by atoms with Gasteiger partial charge in [0.1, 0.15) is 0 Å². The van der Waals surface area contributed by atoms with Crippen molar-refractivity contribution < 1.29 is 13.9 Å². The number of benzene rings is 1. The second-order valence-corrected chi connectivity index (χ2v) is 7.42. The molecule has 27 heavy (non-hydrogen) atoms. The van der Waals surface area contributed by atoms with Gasteiger partial charge in [-0.05, 0) is 43.3 Å². The highest BCUT2D eigenvalue weighted by Gasteiger charge is 2.14. The fourth-order valence-electron chi connectivity index (χ4n) is 3.01. The fraction of sp³-hybridized carbons (Fsp3) is 0.300. The first-order valence-electron chi connectivity index (χ1n) is 8.92. The van der Waals surface area contributed by atoms with Crippen LogP contribution in [-0.2, 0) is 11.3 Å². The van der Waals surface area contributed by atoms with Crippen molar-refractivity contribution in [3.8, 4) is 10.8 Å². The lowest BCUT2D eigenvalue weighted by molar-refractivity contribution is 0.0951. The lowest BCUT2D eigenvalue weighted by atomic mass is 10.1. The first-order valence-corrected chi connectivity index (χ1v) is 9.73. The molecule has 1 aliphatic rings. The Morgan fingerprint density at radius 2 is 2.00 bits per heavy atom. The predicted octanol–water partition coefficient (Wildman–Crippen LogP) is 3.48. The molecule has 0 bridgehead atoms. The minimum Gasteiger partial charge on any atom is -0.462 e. The molecule has 0 saturated carbocycles. The van der Waals surface area contributed by atoms with Gasteiger partial charge in [0.15, 0.2) is 10.8 Å². The summed E-state index contributed by atoms with van der Waals surface area (Å²) in [4.78, 5) is 20.3. The van der Waals surface area contributed by atoms with Gasteiger partial charge in [-0.1, -0.05) is 0 Å². The summed E-state index contributed by atoms with van der Waals surface area (Å²) in [6, 6.07) is 11.5. The number of nitrogens with zero attached hydrogens (tertiary/aromatic N) is 2. The summed E-state index contributed by atoms with van der Waals surface area (Å²) >= 11 is 1.54. The first-order chi connectivity index (χ1) is 13.2. The third-order valence-corrected chi connectivity index (χ3v) is 5.71. The van der Waals surface area contributed by atoms with Crippen molar-refractivity contribution in [3.63, 3.8) is 0 Å². The second-order valence-electron chi connectivity index (χ2n) is 6.33. The van der Waals surface area contributed by atoms with E-state index in [0.29, 0.717) is 12.1 Å². The Hall–Kier alpha value is -2.64. The van der Waals surface area contributed by atoms with Crippen LogP contribution in [0.5, 0.6) is 0 Å². The van der Waals surface area contributed by atoms with Gasteiger partial charge >= 0.3 is 0 Å². The minimum absolute atomic E-state index is 0.0872. The van der Waals surface area contributed by atoms with Crippen LogP contribution >= 0.6 is 11.3 Å². The van der Waals surface area contributed by atoms with Crippen LogP contribution in [0.1, 0.15) is 20.9 Å². The van der Waals surface area contributed by atoms with E-state index < -0.39 is 0 Å². The Morgan fingerprint density at radius 3 is 2.70 bits per heavy atom. The van der Waals surface area contributed by atoms with Crippen LogP contribution in [0.2, 0.25) is 0 Å². The van der Waals surface area contributed by atoms with Crippen molar-refractivity contribution in [2.24, 2.45) is 0 Å². The highest BCUT2D eigenvalue weighted by Crippen LogP contribution is 2.28. The van der Waals surface area contributed by atoms with E-state index >= 15 is 0 Å². The number of hydrogen-bond acceptors (Lipinski definition) is 6. The van der Waals surface area contributed by atoms with E-state index in [1.165, 1.54) is 11.3 Å². The molecular weight excluding hydrogens is 362 g/mol. The van der Waals surface area contributed by atoms with E-state index in [9.17, 15) is 4.79 Å². The maximum atomic E-state index is 12.5. The Morgan fingerprint density at radius 1 is 1.22 bits per heavy atom. The number of rotatable bonds is 5. The van der Waals surface area contributed by atoms with Crippen LogP contribution in [0.25, 0.3) is 10.8 Å². The van der Waals surface area contributed by atoms with Crippen LogP contribution in [0, 0.1) is 6.92 Å². The maximum absolute atomic E-state index is 12.5. The normalized spacial score (nSPS) is 14.3. The molecule has 0 unspecified atom stereocenters. The van der Waals surface area contributed by atoms with E-state index in [1.807, 2.05) is 43.3 Å². The molecule has 7 heteroatoms. The summed E-state index contributed by atoms with van der Waals surface area (Å²) in [7, 11) is 0. The highest BCUT2D eigenvalue weighted by atomic mass is 32.1. The van der Waals surface area contributed by atoms with Crippen molar-refractivity contribution >= 4 is 22.9 Å². The molecule has 1 amide bonds. The summed E-state index contributed by atoms with van der Waals surface area (Å²) in [6.45, 7) is 5.66. The highest BCUT2D eigenvalue weighted by molar-refractivity contribution is 7.15.